The van der Waals surface area contributed by atoms with Gasteiger partial charge in [0.25, 0.3) is 0 Å². The Morgan fingerprint density at radius 3 is 3.10 bits per heavy atom. The number of aryl methyl sites for hydroxylation is 1. The Labute approximate surface area is 124 Å². The minimum absolute atomic E-state index is 0.606. The van der Waals surface area contributed by atoms with Crippen molar-refractivity contribution >= 4 is 22.8 Å². The summed E-state index contributed by atoms with van der Waals surface area (Å²) in [6, 6.07) is 3.97. The van der Waals surface area contributed by atoms with Crippen LogP contribution in [0.1, 0.15) is 19.2 Å². The number of halogens is 1. The van der Waals surface area contributed by atoms with Crippen LogP contribution in [0.25, 0.3) is 11.2 Å². The first-order valence-corrected chi connectivity index (χ1v) is 7.93. The first kappa shape index (κ1) is 13.8. The van der Waals surface area contributed by atoms with Crippen LogP contribution in [0.5, 0.6) is 0 Å². The van der Waals surface area contributed by atoms with Crippen LogP contribution in [0.3, 0.4) is 0 Å². The van der Waals surface area contributed by atoms with Gasteiger partial charge in [0.2, 0.25) is 0 Å². The number of fused-ring (bicyclic) bond motifs is 1. The highest BCUT2D eigenvalue weighted by atomic mass is 35.5. The predicted molar refractivity (Wildman–Crippen MR) is 82.2 cm³/mol. The Bertz CT molecular complexity index is 580. The Balaban J connectivity index is 1.87. The fourth-order valence-electron chi connectivity index (χ4n) is 3.08. The summed E-state index contributed by atoms with van der Waals surface area (Å²) < 4.78 is 2.28. The number of hydrogen-bond donors (Lipinski definition) is 0. The van der Waals surface area contributed by atoms with E-state index in [4.69, 9.17) is 11.6 Å². The average Bonchev–Trinajstić information content (AvgIpc) is 3.05. The summed E-state index contributed by atoms with van der Waals surface area (Å²) in [7, 11) is 0. The van der Waals surface area contributed by atoms with Crippen LogP contribution < -0.4 is 0 Å². The zero-order valence-electron chi connectivity index (χ0n) is 11.9. The summed E-state index contributed by atoms with van der Waals surface area (Å²) in [6.45, 7) is 6.79. The molecular formula is C15H21ClN4. The van der Waals surface area contributed by atoms with Gasteiger partial charge < -0.3 is 9.47 Å². The van der Waals surface area contributed by atoms with Gasteiger partial charge in [-0.15, -0.1) is 11.6 Å². The van der Waals surface area contributed by atoms with Crippen molar-refractivity contribution in [1.29, 1.82) is 0 Å². The van der Waals surface area contributed by atoms with Crippen LogP contribution in [0.2, 0.25) is 0 Å². The van der Waals surface area contributed by atoms with Crippen LogP contribution in [0.15, 0.2) is 18.3 Å². The summed E-state index contributed by atoms with van der Waals surface area (Å²) in [5.41, 5.74) is 1.99. The van der Waals surface area contributed by atoms with Crippen molar-refractivity contribution in [2.75, 3.05) is 25.5 Å². The van der Waals surface area contributed by atoms with Crippen molar-refractivity contribution in [1.82, 2.24) is 19.4 Å². The van der Waals surface area contributed by atoms with E-state index < -0.39 is 0 Å². The van der Waals surface area contributed by atoms with Gasteiger partial charge in [0.05, 0.1) is 0 Å². The molecule has 108 valence electrons. The number of nitrogens with zero attached hydrogens (tertiary/aromatic N) is 4. The third kappa shape index (κ3) is 2.67. The van der Waals surface area contributed by atoms with E-state index in [-0.39, 0.29) is 0 Å². The predicted octanol–water partition coefficient (Wildman–Crippen LogP) is 2.55. The maximum atomic E-state index is 5.92. The van der Waals surface area contributed by atoms with Gasteiger partial charge in [-0.2, -0.15) is 0 Å². The van der Waals surface area contributed by atoms with Gasteiger partial charge >= 0.3 is 0 Å². The van der Waals surface area contributed by atoms with Gasteiger partial charge in [-0.1, -0.05) is 6.92 Å². The number of hydrogen-bond acceptors (Lipinski definition) is 3. The van der Waals surface area contributed by atoms with E-state index >= 15 is 0 Å². The number of pyridine rings is 1. The normalized spacial score (nSPS) is 20.0. The number of aromatic nitrogens is 3. The van der Waals surface area contributed by atoms with Crippen molar-refractivity contribution in [2.24, 2.45) is 5.92 Å². The molecule has 1 aliphatic rings. The quantitative estimate of drug-likeness (QED) is 0.794. The van der Waals surface area contributed by atoms with Crippen molar-refractivity contribution in [3.8, 4) is 0 Å². The molecule has 1 aliphatic heterocycles. The van der Waals surface area contributed by atoms with Crippen LogP contribution in [0, 0.1) is 5.92 Å². The van der Waals surface area contributed by atoms with E-state index in [0.29, 0.717) is 11.8 Å². The van der Waals surface area contributed by atoms with Crippen LogP contribution in [0.4, 0.5) is 0 Å². The largest absolute Gasteiger partial charge is 0.312 e. The molecule has 0 amide bonds. The van der Waals surface area contributed by atoms with E-state index in [1.807, 2.05) is 18.3 Å². The lowest BCUT2D eigenvalue weighted by atomic mass is 10.1. The SMILES string of the molecule is CCN1CCC(Cn2c(CCCl)nc3cccnc32)C1. The van der Waals surface area contributed by atoms with E-state index in [9.17, 15) is 0 Å². The number of imidazole rings is 1. The lowest BCUT2D eigenvalue weighted by molar-refractivity contribution is 0.332. The highest BCUT2D eigenvalue weighted by Crippen LogP contribution is 2.22. The lowest BCUT2D eigenvalue weighted by Gasteiger charge is -2.15. The molecule has 4 nitrogen and oxygen atoms in total. The summed E-state index contributed by atoms with van der Waals surface area (Å²) in [6.07, 6.45) is 3.92. The van der Waals surface area contributed by atoms with E-state index in [1.165, 1.54) is 19.5 Å². The lowest BCUT2D eigenvalue weighted by Crippen LogP contribution is -2.22. The number of likely N-dealkylation sites (tertiary alicyclic amines) is 1. The monoisotopic (exact) mass is 292 g/mol. The Hall–Kier alpha value is -1.13. The second-order valence-electron chi connectivity index (χ2n) is 5.47. The van der Waals surface area contributed by atoms with E-state index in [2.05, 4.69) is 26.4 Å². The third-order valence-corrected chi connectivity index (χ3v) is 4.35. The minimum Gasteiger partial charge on any atom is -0.312 e. The summed E-state index contributed by atoms with van der Waals surface area (Å²) in [5, 5.41) is 0. The molecule has 0 spiro atoms. The molecular weight excluding hydrogens is 272 g/mol. The standard InChI is InChI=1S/C15H21ClN4/c1-2-19-9-6-12(10-19)11-20-14(5-7-16)18-13-4-3-8-17-15(13)20/h3-4,8,12H,2,5-7,9-11H2,1H3. The molecule has 3 rings (SSSR count). The first-order valence-electron chi connectivity index (χ1n) is 7.40. The fraction of sp³-hybridized carbons (Fsp3) is 0.600. The highest BCUT2D eigenvalue weighted by molar-refractivity contribution is 6.17. The molecule has 1 fully saturated rings. The van der Waals surface area contributed by atoms with E-state index in [0.717, 1.165) is 36.5 Å². The zero-order valence-corrected chi connectivity index (χ0v) is 12.7. The molecule has 5 heteroatoms. The molecule has 0 bridgehead atoms. The molecule has 3 heterocycles. The molecule has 1 unspecified atom stereocenters. The van der Waals surface area contributed by atoms with Crippen LogP contribution in [-0.2, 0) is 13.0 Å². The van der Waals surface area contributed by atoms with Gasteiger partial charge in [0, 0.05) is 31.6 Å². The van der Waals surface area contributed by atoms with Gasteiger partial charge in [0.1, 0.15) is 11.3 Å². The maximum Gasteiger partial charge on any atom is 0.159 e. The fourth-order valence-corrected chi connectivity index (χ4v) is 3.25. The average molecular weight is 293 g/mol. The van der Waals surface area contributed by atoms with Crippen molar-refractivity contribution in [3.05, 3.63) is 24.2 Å². The van der Waals surface area contributed by atoms with E-state index in [1.54, 1.807) is 0 Å². The minimum atomic E-state index is 0.606. The second-order valence-corrected chi connectivity index (χ2v) is 5.85. The van der Waals surface area contributed by atoms with Gasteiger partial charge in [-0.3, -0.25) is 0 Å². The first-order chi connectivity index (χ1) is 9.81. The highest BCUT2D eigenvalue weighted by Gasteiger charge is 2.23. The molecule has 0 radical (unpaired) electrons. The maximum absolute atomic E-state index is 5.92. The number of rotatable bonds is 5. The zero-order chi connectivity index (χ0) is 13.9. The molecule has 2 aromatic heterocycles. The number of alkyl halides is 1. The Morgan fingerprint density at radius 1 is 1.45 bits per heavy atom. The second kappa shape index (κ2) is 6.10. The topological polar surface area (TPSA) is 34.0 Å². The van der Waals surface area contributed by atoms with Gasteiger partial charge in [-0.25, -0.2) is 9.97 Å². The molecule has 0 aromatic carbocycles. The summed E-state index contributed by atoms with van der Waals surface area (Å²) in [5.74, 6) is 2.38. The van der Waals surface area contributed by atoms with Crippen molar-refractivity contribution in [2.45, 2.75) is 26.3 Å². The molecule has 0 aliphatic carbocycles. The van der Waals surface area contributed by atoms with Crippen LogP contribution >= 0.6 is 11.6 Å². The molecule has 1 atom stereocenters. The Kier molecular flexibility index (Phi) is 4.22. The van der Waals surface area contributed by atoms with Gasteiger partial charge in [-0.05, 0) is 37.6 Å². The van der Waals surface area contributed by atoms with Gasteiger partial charge in [0.15, 0.2) is 5.65 Å². The summed E-state index contributed by atoms with van der Waals surface area (Å²) >= 11 is 5.92. The molecule has 1 saturated heterocycles. The molecule has 20 heavy (non-hydrogen) atoms. The molecule has 0 N–H and O–H groups in total. The Morgan fingerprint density at radius 2 is 2.35 bits per heavy atom. The van der Waals surface area contributed by atoms with Crippen molar-refractivity contribution < 1.29 is 0 Å². The third-order valence-electron chi connectivity index (χ3n) is 4.16. The molecule has 0 saturated carbocycles. The smallest absolute Gasteiger partial charge is 0.159 e. The van der Waals surface area contributed by atoms with Crippen LogP contribution in [-0.4, -0.2) is 44.9 Å². The summed E-state index contributed by atoms with van der Waals surface area (Å²) in [4.78, 5) is 11.7. The van der Waals surface area contributed by atoms with Crippen molar-refractivity contribution in [3.63, 3.8) is 0 Å². The molecule has 2 aromatic rings.